The van der Waals surface area contributed by atoms with Gasteiger partial charge in [-0.15, -0.1) is 0 Å². The monoisotopic (exact) mass is 280 g/mol. The van der Waals surface area contributed by atoms with Crippen molar-refractivity contribution in [1.29, 1.82) is 0 Å². The van der Waals surface area contributed by atoms with Crippen molar-refractivity contribution >= 4 is 0 Å². The van der Waals surface area contributed by atoms with Crippen LogP contribution in [-0.2, 0) is 0 Å². The highest BCUT2D eigenvalue weighted by Gasteiger charge is 2.15. The molecule has 0 amide bonds. The van der Waals surface area contributed by atoms with Crippen molar-refractivity contribution in [3.63, 3.8) is 0 Å². The molecule has 0 aliphatic rings. The van der Waals surface area contributed by atoms with Gasteiger partial charge >= 0.3 is 5.63 Å². The summed E-state index contributed by atoms with van der Waals surface area (Å²) in [6, 6.07) is 3.28. The second kappa shape index (κ2) is 9.62. The maximum absolute atomic E-state index is 11.6. The molecule has 0 radical (unpaired) electrons. The molecular weight excluding hydrogens is 252 g/mol. The van der Waals surface area contributed by atoms with Crippen molar-refractivity contribution in [2.24, 2.45) is 0 Å². The van der Waals surface area contributed by atoms with E-state index in [0.717, 1.165) is 18.6 Å². The molecule has 0 saturated carbocycles. The van der Waals surface area contributed by atoms with E-state index in [1.807, 2.05) is 6.07 Å². The molecule has 0 aromatic carbocycles. The highest BCUT2D eigenvalue weighted by Crippen LogP contribution is 2.29. The van der Waals surface area contributed by atoms with E-state index in [4.69, 9.17) is 9.15 Å². The summed E-state index contributed by atoms with van der Waals surface area (Å²) in [5.41, 5.74) is -0.311. The Morgan fingerprint density at radius 1 is 1.05 bits per heavy atom. The Morgan fingerprint density at radius 3 is 2.40 bits per heavy atom. The summed E-state index contributed by atoms with van der Waals surface area (Å²) in [4.78, 5) is 11.6. The summed E-state index contributed by atoms with van der Waals surface area (Å²) < 4.78 is 10.6. The second-order valence-electron chi connectivity index (χ2n) is 5.41. The van der Waals surface area contributed by atoms with Gasteiger partial charge in [-0.05, 0) is 12.8 Å². The molecule has 0 N–H and O–H groups in total. The summed E-state index contributed by atoms with van der Waals surface area (Å²) in [7, 11) is 1.58. The molecule has 1 rings (SSSR count). The Balaban J connectivity index is 2.75. The zero-order valence-corrected chi connectivity index (χ0v) is 13.1. The number of methoxy groups -OCH3 is 1. The van der Waals surface area contributed by atoms with Gasteiger partial charge in [-0.25, -0.2) is 4.79 Å². The molecule has 20 heavy (non-hydrogen) atoms. The topological polar surface area (TPSA) is 39.4 Å². The van der Waals surface area contributed by atoms with Gasteiger partial charge in [0.1, 0.15) is 11.5 Å². The lowest BCUT2D eigenvalue weighted by molar-refractivity contribution is 0.362. The van der Waals surface area contributed by atoms with Crippen LogP contribution in [0.4, 0.5) is 0 Å². The Kier molecular flexibility index (Phi) is 8.08. The first kappa shape index (κ1) is 16.8. The Hall–Kier alpha value is -1.25. The van der Waals surface area contributed by atoms with Crippen molar-refractivity contribution in [2.75, 3.05) is 7.11 Å². The van der Waals surface area contributed by atoms with Crippen LogP contribution in [0.1, 0.15) is 76.9 Å². The fourth-order valence-electron chi connectivity index (χ4n) is 2.49. The molecule has 0 aliphatic heterocycles. The molecule has 3 nitrogen and oxygen atoms in total. The van der Waals surface area contributed by atoms with Crippen molar-refractivity contribution in [1.82, 2.24) is 0 Å². The third-order valence-corrected chi connectivity index (χ3v) is 3.71. The van der Waals surface area contributed by atoms with Crippen molar-refractivity contribution in [3.8, 4) is 5.75 Å². The summed E-state index contributed by atoms with van der Waals surface area (Å²) in [6.45, 7) is 4.41. The molecule has 0 bridgehead atoms. The first-order valence-corrected chi connectivity index (χ1v) is 7.90. The predicted molar refractivity (Wildman–Crippen MR) is 82.6 cm³/mol. The minimum Gasteiger partial charge on any atom is -0.496 e. The molecule has 3 heteroatoms. The molecule has 1 atom stereocenters. The van der Waals surface area contributed by atoms with Crippen molar-refractivity contribution < 1.29 is 9.15 Å². The number of unbranched alkanes of at least 4 members (excludes halogenated alkanes) is 4. The molecule has 0 aliphatic carbocycles. The fraction of sp³-hybridized carbons (Fsp3) is 0.706. The second-order valence-corrected chi connectivity index (χ2v) is 5.41. The van der Waals surface area contributed by atoms with Gasteiger partial charge in [-0.2, -0.15) is 0 Å². The van der Waals surface area contributed by atoms with Gasteiger partial charge in [0.15, 0.2) is 0 Å². The zero-order valence-electron chi connectivity index (χ0n) is 13.1. The Bertz CT molecular complexity index is 422. The minimum atomic E-state index is -0.311. The maximum atomic E-state index is 11.6. The summed E-state index contributed by atoms with van der Waals surface area (Å²) in [5.74, 6) is 1.74. The van der Waals surface area contributed by atoms with Crippen LogP contribution in [-0.4, -0.2) is 7.11 Å². The lowest BCUT2D eigenvalue weighted by Gasteiger charge is -2.16. The number of rotatable bonds is 10. The van der Waals surface area contributed by atoms with Crippen LogP contribution in [0.2, 0.25) is 0 Å². The van der Waals surface area contributed by atoms with Gasteiger partial charge in [0.2, 0.25) is 0 Å². The first-order valence-electron chi connectivity index (χ1n) is 7.90. The largest absolute Gasteiger partial charge is 0.496 e. The van der Waals surface area contributed by atoms with Gasteiger partial charge < -0.3 is 9.15 Å². The molecule has 1 heterocycles. The van der Waals surface area contributed by atoms with E-state index < -0.39 is 0 Å². The highest BCUT2D eigenvalue weighted by molar-refractivity contribution is 5.22. The average Bonchev–Trinajstić information content (AvgIpc) is 2.45. The first-order chi connectivity index (χ1) is 9.71. The van der Waals surface area contributed by atoms with E-state index in [-0.39, 0.29) is 5.63 Å². The third kappa shape index (κ3) is 5.81. The third-order valence-electron chi connectivity index (χ3n) is 3.71. The van der Waals surface area contributed by atoms with Crippen LogP contribution < -0.4 is 10.4 Å². The summed E-state index contributed by atoms with van der Waals surface area (Å²) in [6.07, 6.45) is 9.49. The number of ether oxygens (including phenoxy) is 1. The van der Waals surface area contributed by atoms with Crippen LogP contribution in [0.15, 0.2) is 21.3 Å². The number of hydrogen-bond donors (Lipinski definition) is 0. The standard InChI is InChI=1S/C17H28O3/c1-4-6-8-9-11-14(10-7-5-2)16-12-15(19-3)13-17(18)20-16/h12-14H,4-11H2,1-3H3. The van der Waals surface area contributed by atoms with E-state index in [2.05, 4.69) is 13.8 Å². The molecule has 1 aromatic rings. The smallest absolute Gasteiger partial charge is 0.339 e. The van der Waals surface area contributed by atoms with Gasteiger partial charge in [0.25, 0.3) is 0 Å². The maximum Gasteiger partial charge on any atom is 0.339 e. The van der Waals surface area contributed by atoms with Crippen molar-refractivity contribution in [3.05, 3.63) is 28.3 Å². The minimum absolute atomic E-state index is 0.311. The predicted octanol–water partition coefficient (Wildman–Crippen LogP) is 4.89. The average molecular weight is 280 g/mol. The SMILES string of the molecule is CCCCCCC(CCCC)c1cc(OC)cc(=O)o1. The van der Waals surface area contributed by atoms with Crippen molar-refractivity contribution in [2.45, 2.75) is 71.1 Å². The van der Waals surface area contributed by atoms with E-state index >= 15 is 0 Å². The molecular formula is C17H28O3. The number of hydrogen-bond acceptors (Lipinski definition) is 3. The Morgan fingerprint density at radius 2 is 1.75 bits per heavy atom. The molecule has 0 spiro atoms. The normalized spacial score (nSPS) is 12.3. The molecule has 114 valence electrons. The molecule has 0 saturated heterocycles. The van der Waals surface area contributed by atoms with Crippen LogP contribution in [0.3, 0.4) is 0 Å². The van der Waals surface area contributed by atoms with E-state index in [9.17, 15) is 4.79 Å². The van der Waals surface area contributed by atoms with E-state index in [1.54, 1.807) is 7.11 Å². The summed E-state index contributed by atoms with van der Waals surface area (Å²) >= 11 is 0. The fourth-order valence-corrected chi connectivity index (χ4v) is 2.49. The zero-order chi connectivity index (χ0) is 14.8. The van der Waals surface area contributed by atoms with E-state index in [1.165, 1.54) is 44.6 Å². The van der Waals surface area contributed by atoms with Gasteiger partial charge in [0.05, 0.1) is 13.2 Å². The summed E-state index contributed by atoms with van der Waals surface area (Å²) in [5, 5.41) is 0. The molecule has 1 aromatic heterocycles. The van der Waals surface area contributed by atoms with E-state index in [0.29, 0.717) is 11.7 Å². The molecule has 0 fully saturated rings. The van der Waals surface area contributed by atoms with Crippen LogP contribution >= 0.6 is 0 Å². The van der Waals surface area contributed by atoms with Gasteiger partial charge in [-0.1, -0.05) is 52.4 Å². The lowest BCUT2D eigenvalue weighted by Crippen LogP contribution is -2.06. The molecule has 1 unspecified atom stereocenters. The Labute approximate surface area is 122 Å². The van der Waals surface area contributed by atoms with Crippen LogP contribution in [0.5, 0.6) is 5.75 Å². The quantitative estimate of drug-likeness (QED) is 0.573. The van der Waals surface area contributed by atoms with Crippen LogP contribution in [0, 0.1) is 0 Å². The van der Waals surface area contributed by atoms with Gasteiger partial charge in [-0.3, -0.25) is 0 Å². The van der Waals surface area contributed by atoms with Crippen LogP contribution in [0.25, 0.3) is 0 Å². The highest BCUT2D eigenvalue weighted by atomic mass is 16.5. The lowest BCUT2D eigenvalue weighted by atomic mass is 9.92. The van der Waals surface area contributed by atoms with Gasteiger partial charge in [0, 0.05) is 12.0 Å².